The molecule has 0 spiro atoms. The second-order valence-corrected chi connectivity index (χ2v) is 8.57. The molecule has 0 aromatic heterocycles. The molecule has 1 saturated carbocycles. The lowest BCUT2D eigenvalue weighted by atomic mass is 10.00. The summed E-state index contributed by atoms with van der Waals surface area (Å²) in [6.45, 7) is -0.107. The predicted octanol–water partition coefficient (Wildman–Crippen LogP) is 5.54. The maximum Gasteiger partial charge on any atom is 0.338 e. The molecular formula is C18H11Cl4F2NO3. The van der Waals surface area contributed by atoms with Crippen LogP contribution in [0.25, 0.3) is 0 Å². The van der Waals surface area contributed by atoms with E-state index >= 15 is 0 Å². The largest absolute Gasteiger partial charge is 0.478 e. The van der Waals surface area contributed by atoms with Crippen molar-refractivity contribution in [2.45, 2.75) is 10.3 Å². The Bertz CT molecular complexity index is 986. The molecule has 3 rings (SSSR count). The third-order valence-electron chi connectivity index (χ3n) is 4.75. The number of hydrogen-bond acceptors (Lipinski definition) is 3. The standard InChI is InChI=1S/C18H11Cl4F2NO3/c19-11-3-8(1-2-13(11)23)15-17(7-26,18(15,21)22)6-25-9-4-10(16(27)28)14(24)12(20)5-9/h1-5,7,15,25H,6H2,(H,27,28). The van der Waals surface area contributed by atoms with Crippen LogP contribution in [-0.2, 0) is 4.79 Å². The highest BCUT2D eigenvalue weighted by Crippen LogP contribution is 2.73. The number of nitrogens with one attached hydrogen (secondary N) is 1. The van der Waals surface area contributed by atoms with Crippen LogP contribution in [-0.4, -0.2) is 28.2 Å². The summed E-state index contributed by atoms with van der Waals surface area (Å²) in [6.07, 6.45) is 0.575. The summed E-state index contributed by atoms with van der Waals surface area (Å²) in [4.78, 5) is 23.0. The van der Waals surface area contributed by atoms with Gasteiger partial charge in [-0.25, -0.2) is 13.6 Å². The minimum Gasteiger partial charge on any atom is -0.478 e. The lowest BCUT2D eigenvalue weighted by Gasteiger charge is -2.15. The topological polar surface area (TPSA) is 66.4 Å². The van der Waals surface area contributed by atoms with Gasteiger partial charge in [0.1, 0.15) is 16.4 Å². The molecule has 2 N–H and O–H groups in total. The van der Waals surface area contributed by atoms with E-state index in [1.807, 2.05) is 0 Å². The lowest BCUT2D eigenvalue weighted by Crippen LogP contribution is -2.23. The third-order valence-corrected chi connectivity index (χ3v) is 6.45. The summed E-state index contributed by atoms with van der Waals surface area (Å²) in [5, 5.41) is 11.3. The Labute approximate surface area is 178 Å². The second kappa shape index (κ2) is 7.34. The Kier molecular flexibility index (Phi) is 5.53. The van der Waals surface area contributed by atoms with Gasteiger partial charge in [0.05, 0.1) is 21.0 Å². The van der Waals surface area contributed by atoms with E-state index in [0.717, 1.165) is 12.1 Å². The Morgan fingerprint density at radius 3 is 2.43 bits per heavy atom. The van der Waals surface area contributed by atoms with Gasteiger partial charge in [-0.15, -0.1) is 0 Å². The van der Waals surface area contributed by atoms with Crippen LogP contribution in [0.5, 0.6) is 0 Å². The smallest absolute Gasteiger partial charge is 0.338 e. The maximum absolute atomic E-state index is 13.8. The second-order valence-electron chi connectivity index (χ2n) is 6.37. The molecule has 28 heavy (non-hydrogen) atoms. The monoisotopic (exact) mass is 467 g/mol. The van der Waals surface area contributed by atoms with Gasteiger partial charge in [0.25, 0.3) is 0 Å². The number of benzene rings is 2. The molecule has 4 nitrogen and oxygen atoms in total. The molecule has 10 heteroatoms. The van der Waals surface area contributed by atoms with Crippen LogP contribution >= 0.6 is 46.4 Å². The average molecular weight is 469 g/mol. The van der Waals surface area contributed by atoms with Crippen molar-refractivity contribution in [2.75, 3.05) is 11.9 Å². The number of halogens is 6. The van der Waals surface area contributed by atoms with Crippen molar-refractivity contribution in [3.63, 3.8) is 0 Å². The average Bonchev–Trinajstić information content (AvgIpc) is 3.13. The molecule has 1 aliphatic carbocycles. The van der Waals surface area contributed by atoms with Crippen LogP contribution in [0.4, 0.5) is 14.5 Å². The maximum atomic E-state index is 13.8. The van der Waals surface area contributed by atoms with Crippen molar-refractivity contribution in [3.8, 4) is 0 Å². The fourth-order valence-corrected chi connectivity index (χ4v) is 4.56. The summed E-state index contributed by atoms with van der Waals surface area (Å²) < 4.78 is 25.7. The molecule has 2 unspecified atom stereocenters. The first kappa shape index (κ1) is 21.1. The Balaban J connectivity index is 1.89. The van der Waals surface area contributed by atoms with Crippen LogP contribution < -0.4 is 5.32 Å². The summed E-state index contributed by atoms with van der Waals surface area (Å²) >= 11 is 24.2. The number of carboxylic acids is 1. The van der Waals surface area contributed by atoms with Crippen LogP contribution in [0, 0.1) is 17.0 Å². The fourth-order valence-electron chi connectivity index (χ4n) is 3.18. The quantitative estimate of drug-likeness (QED) is 0.431. The van der Waals surface area contributed by atoms with Gasteiger partial charge in [-0.05, 0) is 29.8 Å². The molecule has 2 aromatic carbocycles. The molecule has 0 bridgehead atoms. The SMILES string of the molecule is O=CC1(CNc2cc(Cl)c(F)c(C(=O)O)c2)C(c2ccc(F)c(Cl)c2)C1(Cl)Cl. The van der Waals surface area contributed by atoms with Crippen molar-refractivity contribution in [3.05, 3.63) is 63.1 Å². The van der Waals surface area contributed by atoms with Crippen LogP contribution in [0.1, 0.15) is 21.8 Å². The number of anilines is 1. The van der Waals surface area contributed by atoms with Gasteiger partial charge in [0.2, 0.25) is 0 Å². The number of alkyl halides is 2. The number of carbonyl (C=O) groups excluding carboxylic acids is 1. The number of carbonyl (C=O) groups is 2. The summed E-state index contributed by atoms with van der Waals surface area (Å²) in [5.41, 5.74) is -1.30. The molecule has 1 aliphatic rings. The van der Waals surface area contributed by atoms with E-state index in [1.54, 1.807) is 0 Å². The van der Waals surface area contributed by atoms with E-state index in [-0.39, 0.29) is 17.3 Å². The van der Waals surface area contributed by atoms with Crippen molar-refractivity contribution in [2.24, 2.45) is 5.41 Å². The van der Waals surface area contributed by atoms with Crippen molar-refractivity contribution in [1.82, 2.24) is 0 Å². The number of carboxylic acid groups (broad SMARTS) is 1. The van der Waals surface area contributed by atoms with Crippen LogP contribution in [0.2, 0.25) is 10.0 Å². The number of hydrogen-bond donors (Lipinski definition) is 2. The van der Waals surface area contributed by atoms with Gasteiger partial charge in [-0.1, -0.05) is 52.5 Å². The van der Waals surface area contributed by atoms with Gasteiger partial charge < -0.3 is 15.2 Å². The minimum atomic E-state index is -1.51. The van der Waals surface area contributed by atoms with Crippen LogP contribution in [0.3, 0.4) is 0 Å². The predicted molar refractivity (Wildman–Crippen MR) is 104 cm³/mol. The zero-order chi connectivity index (χ0) is 20.9. The van der Waals surface area contributed by atoms with Crippen molar-refractivity contribution >= 4 is 64.3 Å². The summed E-state index contributed by atoms with van der Waals surface area (Å²) in [5.74, 6) is -3.89. The molecule has 0 amide bonds. The van der Waals surface area contributed by atoms with E-state index in [9.17, 15) is 18.4 Å². The Hall–Kier alpha value is -1.60. The van der Waals surface area contributed by atoms with Crippen LogP contribution in [0.15, 0.2) is 30.3 Å². The van der Waals surface area contributed by atoms with E-state index in [2.05, 4.69) is 5.32 Å². The molecule has 0 heterocycles. The molecule has 0 aliphatic heterocycles. The Morgan fingerprint density at radius 1 is 1.18 bits per heavy atom. The molecule has 0 radical (unpaired) electrons. The lowest BCUT2D eigenvalue weighted by molar-refractivity contribution is -0.112. The van der Waals surface area contributed by atoms with E-state index in [0.29, 0.717) is 11.8 Å². The van der Waals surface area contributed by atoms with Crippen molar-refractivity contribution < 1.29 is 23.5 Å². The number of rotatable bonds is 6. The van der Waals surface area contributed by atoms with Gasteiger partial charge in [-0.2, -0.15) is 0 Å². The van der Waals surface area contributed by atoms with E-state index in [1.165, 1.54) is 18.2 Å². The first-order valence-corrected chi connectivity index (χ1v) is 9.31. The van der Waals surface area contributed by atoms with Gasteiger partial charge >= 0.3 is 5.97 Å². The fraction of sp³-hybridized carbons (Fsp3) is 0.222. The molecule has 1 fully saturated rings. The zero-order valence-corrected chi connectivity index (χ0v) is 16.8. The highest BCUT2D eigenvalue weighted by Gasteiger charge is 2.76. The van der Waals surface area contributed by atoms with Gasteiger partial charge in [-0.3, -0.25) is 0 Å². The highest BCUT2D eigenvalue weighted by molar-refractivity contribution is 6.54. The Morgan fingerprint density at radius 2 is 1.86 bits per heavy atom. The first-order chi connectivity index (χ1) is 13.0. The van der Waals surface area contributed by atoms with Gasteiger partial charge in [0, 0.05) is 18.2 Å². The van der Waals surface area contributed by atoms with E-state index < -0.39 is 43.9 Å². The normalized spacial score (nSPS) is 22.6. The van der Waals surface area contributed by atoms with E-state index in [4.69, 9.17) is 51.5 Å². The number of aldehydes is 1. The summed E-state index contributed by atoms with van der Waals surface area (Å²) in [6, 6.07) is 6.12. The molecule has 2 aromatic rings. The number of aromatic carboxylic acids is 1. The molecule has 0 saturated heterocycles. The molecule has 2 atom stereocenters. The summed E-state index contributed by atoms with van der Waals surface area (Å²) in [7, 11) is 0. The third kappa shape index (κ3) is 3.32. The zero-order valence-electron chi connectivity index (χ0n) is 13.8. The first-order valence-electron chi connectivity index (χ1n) is 7.80. The van der Waals surface area contributed by atoms with Gasteiger partial charge in [0.15, 0.2) is 5.82 Å². The molecular weight excluding hydrogens is 458 g/mol. The molecule has 148 valence electrons. The highest BCUT2D eigenvalue weighted by atomic mass is 35.5. The minimum absolute atomic E-state index is 0.107. The van der Waals surface area contributed by atoms with Crippen molar-refractivity contribution in [1.29, 1.82) is 0 Å².